The predicted molar refractivity (Wildman–Crippen MR) is 143 cm³/mol. The highest BCUT2D eigenvalue weighted by Crippen LogP contribution is 2.38. The third-order valence-electron chi connectivity index (χ3n) is 6.09. The topological polar surface area (TPSA) is 61.8 Å². The first kappa shape index (κ1) is 25.4. The van der Waals surface area contributed by atoms with Crippen LogP contribution in [0.1, 0.15) is 31.1 Å². The second-order valence-corrected chi connectivity index (χ2v) is 13.9. The van der Waals surface area contributed by atoms with Crippen LogP contribution in [-0.2, 0) is 18.7 Å². The number of allylic oxidation sites excluding steroid dienone is 1. The first-order valence-corrected chi connectivity index (χ1v) is 13.8. The van der Waals surface area contributed by atoms with E-state index in [1.165, 1.54) is 6.08 Å². The molecular weight excluding hydrogens is 468 g/mol. The molecule has 1 atom stereocenters. The van der Waals surface area contributed by atoms with Crippen LogP contribution in [0, 0.1) is 0 Å². The summed E-state index contributed by atoms with van der Waals surface area (Å²) in [6.45, 7) is 6.49. The molecule has 3 aromatic rings. The minimum absolute atomic E-state index is 0.0346. The van der Waals surface area contributed by atoms with E-state index in [1.54, 1.807) is 36.4 Å². The summed E-state index contributed by atoms with van der Waals surface area (Å²) >= 11 is 0. The molecule has 0 unspecified atom stereocenters. The zero-order valence-electron chi connectivity index (χ0n) is 20.7. The largest absolute Gasteiger partial charge is 0.459 e. The van der Waals surface area contributed by atoms with E-state index >= 15 is 0 Å². The second-order valence-electron chi connectivity index (χ2n) is 9.61. The van der Waals surface area contributed by atoms with Crippen molar-refractivity contribution in [3.63, 3.8) is 0 Å². The summed E-state index contributed by atoms with van der Waals surface area (Å²) in [7, 11) is -2.95. The molecule has 0 fully saturated rings. The molecule has 1 aliphatic rings. The number of carbonyl (C=O) groups is 2. The number of hydrogen-bond donors (Lipinski definition) is 0. The van der Waals surface area contributed by atoms with Crippen LogP contribution in [0.15, 0.2) is 115 Å². The molecule has 0 spiro atoms. The van der Waals surface area contributed by atoms with Crippen molar-refractivity contribution in [1.82, 2.24) is 0 Å². The Morgan fingerprint density at radius 2 is 1.39 bits per heavy atom. The van der Waals surface area contributed by atoms with Crippen LogP contribution in [0.25, 0.3) is 0 Å². The Balaban J connectivity index is 1.76. The molecule has 0 saturated heterocycles. The average Bonchev–Trinajstić information content (AvgIpc) is 3.30. The molecule has 0 aliphatic carbocycles. The Bertz CT molecular complexity index is 1210. The first-order chi connectivity index (χ1) is 17.3. The Morgan fingerprint density at radius 3 is 1.86 bits per heavy atom. The number of benzene rings is 3. The van der Waals surface area contributed by atoms with E-state index in [9.17, 15) is 9.59 Å². The number of ether oxygens (including phenoxy) is 2. The van der Waals surface area contributed by atoms with E-state index in [0.29, 0.717) is 11.3 Å². The number of carbonyl (C=O) groups excluding carboxylic acids is 2. The van der Waals surface area contributed by atoms with Crippen LogP contribution in [-0.4, -0.2) is 33.0 Å². The van der Waals surface area contributed by atoms with Gasteiger partial charge in [0.05, 0.1) is 5.56 Å². The summed E-state index contributed by atoms with van der Waals surface area (Å²) in [5.41, 5.74) is 0.460. The molecule has 36 heavy (non-hydrogen) atoms. The van der Waals surface area contributed by atoms with Crippen LogP contribution in [0.5, 0.6) is 0 Å². The molecule has 0 aromatic heterocycles. The minimum Gasteiger partial charge on any atom is -0.459 e. The minimum atomic E-state index is -2.95. The molecule has 1 heterocycles. The molecule has 5 nitrogen and oxygen atoms in total. The summed E-state index contributed by atoms with van der Waals surface area (Å²) in [4.78, 5) is 24.5. The van der Waals surface area contributed by atoms with Gasteiger partial charge in [-0.3, -0.25) is 0 Å². The molecule has 0 saturated carbocycles. The third kappa shape index (κ3) is 5.56. The van der Waals surface area contributed by atoms with Gasteiger partial charge in [-0.15, -0.1) is 0 Å². The van der Waals surface area contributed by atoms with Crippen LogP contribution < -0.4 is 10.4 Å². The average molecular weight is 499 g/mol. The van der Waals surface area contributed by atoms with Gasteiger partial charge < -0.3 is 13.9 Å². The maximum atomic E-state index is 12.8. The van der Waals surface area contributed by atoms with E-state index in [2.05, 4.69) is 45.0 Å². The molecule has 3 aromatic carbocycles. The fourth-order valence-electron chi connectivity index (χ4n) is 4.46. The predicted octanol–water partition coefficient (Wildman–Crippen LogP) is 4.79. The maximum absolute atomic E-state index is 12.8. The summed E-state index contributed by atoms with van der Waals surface area (Å²) in [6, 6.07) is 29.3. The Labute approximate surface area is 213 Å². The third-order valence-corrected chi connectivity index (χ3v) is 11.1. The quantitative estimate of drug-likeness (QED) is 0.330. The summed E-state index contributed by atoms with van der Waals surface area (Å²) < 4.78 is 18.1. The van der Waals surface area contributed by atoms with Gasteiger partial charge in [0.2, 0.25) is 0 Å². The molecule has 4 rings (SSSR count). The lowest BCUT2D eigenvalue weighted by molar-refractivity contribution is -0.132. The van der Waals surface area contributed by atoms with Gasteiger partial charge in [0.25, 0.3) is 8.32 Å². The van der Waals surface area contributed by atoms with E-state index in [-0.39, 0.29) is 11.6 Å². The lowest BCUT2D eigenvalue weighted by Gasteiger charge is -2.44. The van der Waals surface area contributed by atoms with Crippen molar-refractivity contribution in [3.05, 3.63) is 121 Å². The second kappa shape index (κ2) is 10.9. The molecular formula is C30H30O5Si. The highest BCUT2D eigenvalue weighted by atomic mass is 28.4. The molecule has 0 amide bonds. The fraction of sp³-hybridized carbons (Fsp3) is 0.200. The molecule has 0 radical (unpaired) electrons. The summed E-state index contributed by atoms with van der Waals surface area (Å²) in [6.07, 6.45) is 4.03. The number of esters is 2. The number of rotatable bonds is 8. The van der Waals surface area contributed by atoms with Gasteiger partial charge >= 0.3 is 11.9 Å². The van der Waals surface area contributed by atoms with Crippen molar-refractivity contribution in [3.8, 4) is 0 Å². The highest BCUT2D eigenvalue weighted by molar-refractivity contribution is 6.99. The lowest BCUT2D eigenvalue weighted by Crippen LogP contribution is -2.68. The van der Waals surface area contributed by atoms with E-state index in [4.69, 9.17) is 13.9 Å². The number of hydrogen-bond acceptors (Lipinski definition) is 5. The molecule has 0 N–H and O–H groups in total. The molecule has 0 bridgehead atoms. The van der Waals surface area contributed by atoms with E-state index in [0.717, 1.165) is 10.4 Å². The maximum Gasteiger partial charge on any atom is 0.338 e. The van der Waals surface area contributed by atoms with Gasteiger partial charge in [0.15, 0.2) is 0 Å². The van der Waals surface area contributed by atoms with Crippen LogP contribution >= 0.6 is 0 Å². The van der Waals surface area contributed by atoms with Crippen molar-refractivity contribution < 1.29 is 23.5 Å². The van der Waals surface area contributed by atoms with Gasteiger partial charge in [-0.25, -0.2) is 9.59 Å². The zero-order chi connectivity index (χ0) is 25.6. The van der Waals surface area contributed by atoms with Crippen LogP contribution in [0.3, 0.4) is 0 Å². The molecule has 184 valence electrons. The normalized spacial score (nSPS) is 15.5. The number of cyclic esters (lactones) is 1. The van der Waals surface area contributed by atoms with Gasteiger partial charge in [-0.1, -0.05) is 99.6 Å². The monoisotopic (exact) mass is 498 g/mol. The van der Waals surface area contributed by atoms with Crippen LogP contribution in [0.2, 0.25) is 5.04 Å². The fourth-order valence-corrected chi connectivity index (χ4v) is 9.06. The van der Waals surface area contributed by atoms with Crippen molar-refractivity contribution in [1.29, 1.82) is 0 Å². The Hall–Kier alpha value is -3.74. The molecule has 1 aliphatic heterocycles. The lowest BCUT2D eigenvalue weighted by atomic mass is 10.2. The SMILES string of the molecule is CC(C)(C)[Si](O[C@@H](/C=C1/C=CC(=O)O1)COC(=O)c1ccccc1)(c1ccccc1)c1ccccc1. The van der Waals surface area contributed by atoms with Crippen molar-refractivity contribution in [2.75, 3.05) is 6.61 Å². The van der Waals surface area contributed by atoms with E-state index in [1.807, 2.05) is 42.5 Å². The zero-order valence-corrected chi connectivity index (χ0v) is 21.7. The molecule has 6 heteroatoms. The first-order valence-electron chi connectivity index (χ1n) is 11.9. The van der Waals surface area contributed by atoms with Gasteiger partial charge in [-0.2, -0.15) is 0 Å². The van der Waals surface area contributed by atoms with Crippen LogP contribution in [0.4, 0.5) is 0 Å². The van der Waals surface area contributed by atoms with Crippen molar-refractivity contribution in [2.45, 2.75) is 31.9 Å². The van der Waals surface area contributed by atoms with Gasteiger partial charge in [-0.05, 0) is 39.7 Å². The summed E-state index contributed by atoms with van der Waals surface area (Å²) in [5, 5.41) is 1.92. The standard InChI is InChI=1S/C30H30O5Si/c1-30(2,3)36(26-15-9-5-10-16-26,27-17-11-6-12-18-27)35-25(21-24-19-20-28(31)34-24)22-33-29(32)23-13-7-4-8-14-23/h4-21,25H,22H2,1-3H3/b24-21-/t25-/m0/s1. The van der Waals surface area contributed by atoms with Gasteiger partial charge in [0.1, 0.15) is 18.5 Å². The summed E-state index contributed by atoms with van der Waals surface area (Å²) in [5.74, 6) is -0.505. The van der Waals surface area contributed by atoms with E-state index < -0.39 is 26.4 Å². The van der Waals surface area contributed by atoms with Crippen molar-refractivity contribution >= 4 is 30.6 Å². The smallest absolute Gasteiger partial charge is 0.338 e. The van der Waals surface area contributed by atoms with Gasteiger partial charge in [0, 0.05) is 6.08 Å². The van der Waals surface area contributed by atoms with Crippen molar-refractivity contribution in [2.24, 2.45) is 0 Å². The Morgan fingerprint density at radius 1 is 0.861 bits per heavy atom. The Kier molecular flexibility index (Phi) is 7.67. The highest BCUT2D eigenvalue weighted by Gasteiger charge is 2.51.